The summed E-state index contributed by atoms with van der Waals surface area (Å²) in [5, 5.41) is 2.93. The van der Waals surface area contributed by atoms with Crippen LogP contribution in [-0.2, 0) is 6.61 Å². The zero-order chi connectivity index (χ0) is 16.8. The first-order valence-corrected chi connectivity index (χ1v) is 7.60. The van der Waals surface area contributed by atoms with Gasteiger partial charge in [-0.15, -0.1) is 0 Å². The maximum absolute atomic E-state index is 13.1. The lowest BCUT2D eigenvalue weighted by Gasteiger charge is -2.17. The van der Waals surface area contributed by atoms with Crippen LogP contribution in [0.1, 0.15) is 36.8 Å². The standard InChI is InChI=1S/C18H21FN2O2/c1-12(2)13(3)21-18(22)14-7-8-16(20-10-14)11-23-17-6-4-5-15(19)9-17/h4-10,12-13H,11H2,1-3H3,(H,21,22). The number of benzene rings is 1. The fraction of sp³-hybridized carbons (Fsp3) is 0.333. The van der Waals surface area contributed by atoms with E-state index in [0.717, 1.165) is 0 Å². The Bertz CT molecular complexity index is 656. The molecule has 2 aromatic rings. The molecule has 4 nitrogen and oxygen atoms in total. The van der Waals surface area contributed by atoms with Crippen molar-refractivity contribution in [1.29, 1.82) is 0 Å². The van der Waals surface area contributed by atoms with Crippen molar-refractivity contribution in [3.8, 4) is 5.75 Å². The molecular weight excluding hydrogens is 295 g/mol. The highest BCUT2D eigenvalue weighted by molar-refractivity contribution is 5.94. The Morgan fingerprint density at radius 1 is 1.26 bits per heavy atom. The van der Waals surface area contributed by atoms with Crippen molar-refractivity contribution in [2.75, 3.05) is 0 Å². The Morgan fingerprint density at radius 3 is 2.65 bits per heavy atom. The van der Waals surface area contributed by atoms with Gasteiger partial charge in [0.2, 0.25) is 0 Å². The number of ether oxygens (including phenoxy) is 1. The number of rotatable bonds is 6. The highest BCUT2D eigenvalue weighted by atomic mass is 19.1. The summed E-state index contributed by atoms with van der Waals surface area (Å²) in [5.41, 5.74) is 1.18. The van der Waals surface area contributed by atoms with Gasteiger partial charge in [-0.2, -0.15) is 0 Å². The maximum atomic E-state index is 13.1. The molecule has 1 heterocycles. The molecule has 1 aromatic carbocycles. The number of carbonyl (C=O) groups is 1. The molecule has 1 amide bonds. The van der Waals surface area contributed by atoms with Crippen molar-refractivity contribution in [1.82, 2.24) is 10.3 Å². The Hall–Kier alpha value is -2.43. The third-order valence-corrected chi connectivity index (χ3v) is 3.63. The lowest BCUT2D eigenvalue weighted by atomic mass is 10.1. The summed E-state index contributed by atoms with van der Waals surface area (Å²) in [4.78, 5) is 16.3. The van der Waals surface area contributed by atoms with Crippen molar-refractivity contribution in [3.63, 3.8) is 0 Å². The van der Waals surface area contributed by atoms with E-state index < -0.39 is 0 Å². The third kappa shape index (κ3) is 5.06. The first-order chi connectivity index (χ1) is 11.0. The summed E-state index contributed by atoms with van der Waals surface area (Å²) in [5.74, 6) is 0.322. The molecule has 0 radical (unpaired) electrons. The molecule has 0 spiro atoms. The fourth-order valence-electron chi connectivity index (χ4n) is 1.82. The van der Waals surface area contributed by atoms with Gasteiger partial charge in [0.15, 0.2) is 0 Å². The third-order valence-electron chi connectivity index (χ3n) is 3.63. The van der Waals surface area contributed by atoms with Gasteiger partial charge in [-0.3, -0.25) is 9.78 Å². The van der Waals surface area contributed by atoms with Gasteiger partial charge in [-0.25, -0.2) is 4.39 Å². The van der Waals surface area contributed by atoms with Crippen molar-refractivity contribution in [3.05, 3.63) is 59.7 Å². The first kappa shape index (κ1) is 16.9. The number of halogens is 1. The zero-order valence-corrected chi connectivity index (χ0v) is 13.5. The average molecular weight is 316 g/mol. The molecular formula is C18H21FN2O2. The van der Waals surface area contributed by atoms with Gasteiger partial charge in [-0.05, 0) is 37.1 Å². The van der Waals surface area contributed by atoms with Gasteiger partial charge < -0.3 is 10.1 Å². The molecule has 0 aliphatic heterocycles. The minimum atomic E-state index is -0.346. The SMILES string of the molecule is CC(C)C(C)NC(=O)c1ccc(COc2cccc(F)c2)nc1. The van der Waals surface area contributed by atoms with E-state index in [-0.39, 0.29) is 24.4 Å². The number of amides is 1. The van der Waals surface area contributed by atoms with E-state index in [4.69, 9.17) is 4.74 Å². The Kier molecular flexibility index (Phi) is 5.68. The summed E-state index contributed by atoms with van der Waals surface area (Å²) in [6, 6.07) is 9.47. The number of aromatic nitrogens is 1. The minimum absolute atomic E-state index is 0.0958. The number of nitrogens with zero attached hydrogens (tertiary/aromatic N) is 1. The Balaban J connectivity index is 1.93. The number of nitrogens with one attached hydrogen (secondary N) is 1. The van der Waals surface area contributed by atoms with Crippen LogP contribution in [0.3, 0.4) is 0 Å². The van der Waals surface area contributed by atoms with Crippen molar-refractivity contribution in [2.24, 2.45) is 5.92 Å². The summed E-state index contributed by atoms with van der Waals surface area (Å²) in [6.07, 6.45) is 1.52. The number of pyridine rings is 1. The fourth-order valence-corrected chi connectivity index (χ4v) is 1.82. The van der Waals surface area contributed by atoms with Crippen LogP contribution in [0.5, 0.6) is 5.75 Å². The largest absolute Gasteiger partial charge is 0.487 e. The van der Waals surface area contributed by atoms with Crippen molar-refractivity contribution in [2.45, 2.75) is 33.4 Å². The van der Waals surface area contributed by atoms with E-state index in [9.17, 15) is 9.18 Å². The Morgan fingerprint density at radius 2 is 2.04 bits per heavy atom. The number of hydrogen-bond donors (Lipinski definition) is 1. The molecule has 23 heavy (non-hydrogen) atoms. The van der Waals surface area contributed by atoms with Crippen LogP contribution in [-0.4, -0.2) is 16.9 Å². The highest BCUT2D eigenvalue weighted by Crippen LogP contribution is 2.13. The lowest BCUT2D eigenvalue weighted by molar-refractivity contribution is 0.0930. The van der Waals surface area contributed by atoms with Gasteiger partial charge in [0.1, 0.15) is 18.2 Å². The van der Waals surface area contributed by atoms with Crippen LogP contribution < -0.4 is 10.1 Å². The number of carbonyl (C=O) groups excluding carboxylic acids is 1. The van der Waals surface area contributed by atoms with E-state index >= 15 is 0 Å². The summed E-state index contributed by atoms with van der Waals surface area (Å²) < 4.78 is 18.5. The maximum Gasteiger partial charge on any atom is 0.253 e. The van der Waals surface area contributed by atoms with Crippen LogP contribution in [0.2, 0.25) is 0 Å². The van der Waals surface area contributed by atoms with E-state index in [1.807, 2.05) is 6.92 Å². The van der Waals surface area contributed by atoms with Gasteiger partial charge in [0.05, 0.1) is 11.3 Å². The van der Waals surface area contributed by atoms with Crippen molar-refractivity contribution < 1.29 is 13.9 Å². The molecule has 0 bridgehead atoms. The second-order valence-corrected chi connectivity index (χ2v) is 5.79. The zero-order valence-electron chi connectivity index (χ0n) is 13.5. The topological polar surface area (TPSA) is 51.2 Å². The van der Waals surface area contributed by atoms with Gasteiger partial charge in [0.25, 0.3) is 5.91 Å². The first-order valence-electron chi connectivity index (χ1n) is 7.60. The molecule has 1 N–H and O–H groups in total. The van der Waals surface area contributed by atoms with Crippen LogP contribution in [0.15, 0.2) is 42.6 Å². The van der Waals surface area contributed by atoms with Crippen LogP contribution in [0.4, 0.5) is 4.39 Å². The smallest absolute Gasteiger partial charge is 0.253 e. The van der Waals surface area contributed by atoms with Gasteiger partial charge in [-0.1, -0.05) is 19.9 Å². The second-order valence-electron chi connectivity index (χ2n) is 5.79. The summed E-state index contributed by atoms with van der Waals surface area (Å²) in [6.45, 7) is 6.29. The average Bonchev–Trinajstić information content (AvgIpc) is 2.53. The van der Waals surface area contributed by atoms with Crippen molar-refractivity contribution >= 4 is 5.91 Å². The lowest BCUT2D eigenvalue weighted by Crippen LogP contribution is -2.36. The number of hydrogen-bond acceptors (Lipinski definition) is 3. The molecule has 1 aromatic heterocycles. The molecule has 1 unspecified atom stereocenters. The summed E-state index contributed by atoms with van der Waals surface area (Å²) >= 11 is 0. The van der Waals surface area contributed by atoms with Gasteiger partial charge in [0, 0.05) is 18.3 Å². The van der Waals surface area contributed by atoms with E-state index in [0.29, 0.717) is 22.9 Å². The molecule has 0 aliphatic rings. The quantitative estimate of drug-likeness (QED) is 0.886. The molecule has 1 atom stereocenters. The molecule has 0 saturated heterocycles. The van der Waals surface area contributed by atoms with E-state index in [1.165, 1.54) is 18.3 Å². The van der Waals surface area contributed by atoms with Crippen LogP contribution in [0, 0.1) is 11.7 Å². The van der Waals surface area contributed by atoms with Crippen LogP contribution in [0.25, 0.3) is 0 Å². The van der Waals surface area contributed by atoms with E-state index in [1.54, 1.807) is 24.3 Å². The normalized spacial score (nSPS) is 12.0. The molecule has 5 heteroatoms. The minimum Gasteiger partial charge on any atom is -0.487 e. The predicted octanol–water partition coefficient (Wildman–Crippen LogP) is 3.57. The highest BCUT2D eigenvalue weighted by Gasteiger charge is 2.12. The van der Waals surface area contributed by atoms with Crippen LogP contribution >= 0.6 is 0 Å². The molecule has 0 saturated carbocycles. The molecule has 0 aliphatic carbocycles. The van der Waals surface area contributed by atoms with E-state index in [2.05, 4.69) is 24.1 Å². The summed E-state index contributed by atoms with van der Waals surface area (Å²) in [7, 11) is 0. The predicted molar refractivity (Wildman–Crippen MR) is 86.7 cm³/mol. The molecule has 2 rings (SSSR count). The second kappa shape index (κ2) is 7.72. The molecule has 0 fully saturated rings. The van der Waals surface area contributed by atoms with Gasteiger partial charge >= 0.3 is 0 Å². The molecule has 122 valence electrons. The Labute approximate surface area is 135 Å². The monoisotopic (exact) mass is 316 g/mol.